The van der Waals surface area contributed by atoms with Crippen molar-refractivity contribution in [3.8, 4) is 11.6 Å². The Kier molecular flexibility index (Phi) is 5.67. The number of rotatable bonds is 6. The molecule has 146 valence electrons. The van der Waals surface area contributed by atoms with E-state index in [1.165, 1.54) is 12.0 Å². The first-order chi connectivity index (χ1) is 13.4. The molecule has 1 aromatic heterocycles. The van der Waals surface area contributed by atoms with Crippen LogP contribution in [-0.2, 0) is 12.8 Å². The lowest BCUT2D eigenvalue weighted by molar-refractivity contribution is -0.139. The Morgan fingerprint density at radius 3 is 2.36 bits per heavy atom. The number of alkyl halides is 3. The van der Waals surface area contributed by atoms with Crippen LogP contribution in [-0.4, -0.2) is 24.1 Å². The summed E-state index contributed by atoms with van der Waals surface area (Å²) in [5.74, 6) is 0.0731. The van der Waals surface area contributed by atoms with Gasteiger partial charge in [0.15, 0.2) is 0 Å². The first kappa shape index (κ1) is 19.5. The van der Waals surface area contributed by atoms with Crippen LogP contribution in [0.5, 0.6) is 11.6 Å². The van der Waals surface area contributed by atoms with Gasteiger partial charge in [-0.2, -0.15) is 18.2 Å². The van der Waals surface area contributed by atoms with Crippen LogP contribution >= 0.6 is 0 Å². The van der Waals surface area contributed by atoms with Crippen LogP contribution in [0, 0.1) is 0 Å². The molecule has 28 heavy (non-hydrogen) atoms. The molecule has 2 aromatic carbocycles. The largest absolute Gasteiger partial charge is 0.495 e. The fourth-order valence-corrected chi connectivity index (χ4v) is 2.56. The lowest BCUT2D eigenvalue weighted by atomic mass is 10.2. The molecule has 0 saturated carbocycles. The summed E-state index contributed by atoms with van der Waals surface area (Å²) in [6, 6.07) is 16.0. The van der Waals surface area contributed by atoms with E-state index in [1.807, 2.05) is 6.07 Å². The molecule has 0 atom stereocenters. The number of hydrogen-bond donors (Lipinski definition) is 0. The summed E-state index contributed by atoms with van der Waals surface area (Å²) in [6.07, 6.45) is -3.90. The van der Waals surface area contributed by atoms with Crippen molar-refractivity contribution < 1.29 is 22.6 Å². The Bertz CT molecular complexity index is 933. The standard InChI is InChI=1S/C20H18F3N3O2/c1-26(16-10-6-7-11-17(16)27-2)19-24-12-15(20(21,22)23)18(25-19)28-13-14-8-4-3-5-9-14/h3-12H,13H2,1-2H3. The van der Waals surface area contributed by atoms with Gasteiger partial charge >= 0.3 is 6.18 Å². The van der Waals surface area contributed by atoms with Crippen molar-refractivity contribution in [2.45, 2.75) is 12.8 Å². The normalized spacial score (nSPS) is 11.2. The Labute approximate surface area is 160 Å². The molecule has 0 aliphatic rings. The number of halogens is 3. The average molecular weight is 389 g/mol. The molecule has 0 N–H and O–H groups in total. The number of methoxy groups -OCH3 is 1. The molecule has 0 amide bonds. The van der Waals surface area contributed by atoms with Crippen molar-refractivity contribution in [1.82, 2.24) is 9.97 Å². The second-order valence-electron chi connectivity index (χ2n) is 5.89. The van der Waals surface area contributed by atoms with Gasteiger partial charge in [0.1, 0.15) is 17.9 Å². The van der Waals surface area contributed by atoms with Crippen LogP contribution in [0.1, 0.15) is 11.1 Å². The quantitative estimate of drug-likeness (QED) is 0.603. The third-order valence-electron chi connectivity index (χ3n) is 4.01. The molecule has 8 heteroatoms. The van der Waals surface area contributed by atoms with Crippen molar-refractivity contribution in [1.29, 1.82) is 0 Å². The summed E-state index contributed by atoms with van der Waals surface area (Å²) in [5.41, 5.74) is 0.313. The summed E-state index contributed by atoms with van der Waals surface area (Å²) >= 11 is 0. The summed E-state index contributed by atoms with van der Waals surface area (Å²) in [7, 11) is 3.15. The molecule has 0 spiro atoms. The maximum Gasteiger partial charge on any atom is 0.423 e. The lowest BCUT2D eigenvalue weighted by Gasteiger charge is -2.21. The Morgan fingerprint density at radius 2 is 1.68 bits per heavy atom. The lowest BCUT2D eigenvalue weighted by Crippen LogP contribution is -2.17. The summed E-state index contributed by atoms with van der Waals surface area (Å²) in [4.78, 5) is 9.43. The molecule has 1 heterocycles. The second-order valence-corrected chi connectivity index (χ2v) is 5.89. The van der Waals surface area contributed by atoms with Crippen LogP contribution in [0.15, 0.2) is 60.8 Å². The van der Waals surface area contributed by atoms with Gasteiger partial charge in [0.2, 0.25) is 11.8 Å². The van der Waals surface area contributed by atoms with Gasteiger partial charge in [0.05, 0.1) is 12.8 Å². The first-order valence-corrected chi connectivity index (χ1v) is 8.38. The monoisotopic (exact) mass is 389 g/mol. The first-order valence-electron chi connectivity index (χ1n) is 8.38. The predicted octanol–water partition coefficient (Wildman–Crippen LogP) is 4.85. The van der Waals surface area contributed by atoms with Gasteiger partial charge < -0.3 is 14.4 Å². The average Bonchev–Trinajstić information content (AvgIpc) is 2.71. The van der Waals surface area contributed by atoms with E-state index in [4.69, 9.17) is 9.47 Å². The van der Waals surface area contributed by atoms with Gasteiger partial charge in [-0.25, -0.2) is 4.98 Å². The topological polar surface area (TPSA) is 47.5 Å². The molecule has 0 unspecified atom stereocenters. The SMILES string of the molecule is COc1ccccc1N(C)c1ncc(C(F)(F)F)c(OCc2ccccc2)n1. The number of ether oxygens (including phenoxy) is 2. The van der Waals surface area contributed by atoms with Crippen LogP contribution in [0.25, 0.3) is 0 Å². The molecule has 0 saturated heterocycles. The molecule has 0 aliphatic heterocycles. The molecule has 0 radical (unpaired) electrons. The van der Waals surface area contributed by atoms with Crippen LogP contribution in [0.4, 0.5) is 24.8 Å². The van der Waals surface area contributed by atoms with Crippen molar-refractivity contribution in [2.24, 2.45) is 0 Å². The Balaban J connectivity index is 1.95. The third-order valence-corrected chi connectivity index (χ3v) is 4.01. The van der Waals surface area contributed by atoms with Crippen molar-refractivity contribution in [3.05, 3.63) is 71.9 Å². The highest BCUT2D eigenvalue weighted by Gasteiger charge is 2.36. The van der Waals surface area contributed by atoms with Gasteiger partial charge in [-0.05, 0) is 17.7 Å². The number of para-hydroxylation sites is 2. The molecular weight excluding hydrogens is 371 g/mol. The van der Waals surface area contributed by atoms with E-state index in [1.54, 1.807) is 55.6 Å². The fourth-order valence-electron chi connectivity index (χ4n) is 2.56. The van der Waals surface area contributed by atoms with Gasteiger partial charge in [-0.3, -0.25) is 0 Å². The van der Waals surface area contributed by atoms with E-state index in [2.05, 4.69) is 9.97 Å². The minimum Gasteiger partial charge on any atom is -0.495 e. The Hall–Kier alpha value is -3.29. The minimum absolute atomic E-state index is 0.0429. The highest BCUT2D eigenvalue weighted by Crippen LogP contribution is 2.37. The third kappa shape index (κ3) is 4.33. The van der Waals surface area contributed by atoms with E-state index < -0.39 is 17.6 Å². The van der Waals surface area contributed by atoms with Crippen LogP contribution in [0.3, 0.4) is 0 Å². The predicted molar refractivity (Wildman–Crippen MR) is 98.9 cm³/mol. The number of anilines is 2. The minimum atomic E-state index is -4.63. The molecular formula is C20H18F3N3O2. The molecule has 5 nitrogen and oxygen atoms in total. The Morgan fingerprint density at radius 1 is 1.00 bits per heavy atom. The molecule has 0 fully saturated rings. The zero-order valence-electron chi connectivity index (χ0n) is 15.3. The molecule has 0 bridgehead atoms. The van der Waals surface area contributed by atoms with E-state index >= 15 is 0 Å². The van der Waals surface area contributed by atoms with Crippen molar-refractivity contribution >= 4 is 11.6 Å². The van der Waals surface area contributed by atoms with E-state index in [-0.39, 0.29) is 12.6 Å². The maximum atomic E-state index is 13.4. The summed E-state index contributed by atoms with van der Waals surface area (Å²) in [6.45, 7) is -0.0429. The summed E-state index contributed by atoms with van der Waals surface area (Å²) < 4.78 is 50.8. The van der Waals surface area contributed by atoms with E-state index in [9.17, 15) is 13.2 Å². The van der Waals surface area contributed by atoms with Crippen molar-refractivity contribution in [2.75, 3.05) is 19.1 Å². The molecule has 3 rings (SSSR count). The van der Waals surface area contributed by atoms with Crippen LogP contribution in [0.2, 0.25) is 0 Å². The zero-order chi connectivity index (χ0) is 20.1. The number of nitrogens with zero attached hydrogens (tertiary/aromatic N) is 3. The van der Waals surface area contributed by atoms with E-state index in [0.29, 0.717) is 11.4 Å². The second kappa shape index (κ2) is 8.16. The zero-order valence-corrected chi connectivity index (χ0v) is 15.3. The highest BCUT2D eigenvalue weighted by molar-refractivity contribution is 5.64. The van der Waals surface area contributed by atoms with Crippen molar-refractivity contribution in [3.63, 3.8) is 0 Å². The van der Waals surface area contributed by atoms with Gasteiger partial charge in [0, 0.05) is 13.2 Å². The number of aromatic nitrogens is 2. The fraction of sp³-hybridized carbons (Fsp3) is 0.200. The van der Waals surface area contributed by atoms with Gasteiger partial charge in [-0.15, -0.1) is 0 Å². The summed E-state index contributed by atoms with van der Waals surface area (Å²) in [5, 5.41) is 0. The van der Waals surface area contributed by atoms with Crippen LogP contribution < -0.4 is 14.4 Å². The molecule has 0 aliphatic carbocycles. The smallest absolute Gasteiger partial charge is 0.423 e. The highest BCUT2D eigenvalue weighted by atomic mass is 19.4. The van der Waals surface area contributed by atoms with Gasteiger partial charge in [0.25, 0.3) is 0 Å². The number of benzene rings is 2. The maximum absolute atomic E-state index is 13.4. The van der Waals surface area contributed by atoms with Gasteiger partial charge in [-0.1, -0.05) is 42.5 Å². The van der Waals surface area contributed by atoms with E-state index in [0.717, 1.165) is 11.8 Å². The number of hydrogen-bond acceptors (Lipinski definition) is 5. The molecule has 3 aromatic rings.